The second-order valence-electron chi connectivity index (χ2n) is 8.91. The summed E-state index contributed by atoms with van der Waals surface area (Å²) in [5.74, 6) is -0.569. The van der Waals surface area contributed by atoms with Crippen LogP contribution in [0.4, 0.5) is 10.1 Å². The minimum absolute atomic E-state index is 0.121. The fourth-order valence-electron chi connectivity index (χ4n) is 4.29. The van der Waals surface area contributed by atoms with Crippen LogP contribution in [0.15, 0.2) is 42.7 Å². The van der Waals surface area contributed by atoms with Crippen LogP contribution in [0.25, 0.3) is 10.9 Å². The molecular weight excluding hydrogens is 393 g/mol. The van der Waals surface area contributed by atoms with E-state index in [1.165, 1.54) is 6.20 Å². The van der Waals surface area contributed by atoms with E-state index in [2.05, 4.69) is 45.2 Å². The van der Waals surface area contributed by atoms with Crippen LogP contribution in [0.3, 0.4) is 0 Å². The van der Waals surface area contributed by atoms with Gasteiger partial charge in [0, 0.05) is 42.0 Å². The van der Waals surface area contributed by atoms with Crippen molar-refractivity contribution in [3.8, 4) is 0 Å². The van der Waals surface area contributed by atoms with E-state index < -0.39 is 11.4 Å². The molecule has 2 fully saturated rings. The number of hydrogen-bond acceptors (Lipinski definition) is 5. The lowest BCUT2D eigenvalue weighted by molar-refractivity contribution is 0.0929. The number of amides is 1. The monoisotopic (exact) mass is 419 g/mol. The van der Waals surface area contributed by atoms with Crippen molar-refractivity contribution in [2.45, 2.75) is 31.3 Å². The topological polar surface area (TPSA) is 61.4 Å². The van der Waals surface area contributed by atoms with Crippen LogP contribution >= 0.6 is 0 Å². The second-order valence-corrected chi connectivity index (χ2v) is 8.91. The van der Waals surface area contributed by atoms with Crippen LogP contribution in [0, 0.1) is 12.7 Å². The largest absolute Gasteiger partial charge is 0.368 e. The van der Waals surface area contributed by atoms with Crippen LogP contribution in [-0.2, 0) is 5.54 Å². The van der Waals surface area contributed by atoms with Crippen LogP contribution in [0.5, 0.6) is 0 Å². The first-order valence-corrected chi connectivity index (χ1v) is 10.6. The van der Waals surface area contributed by atoms with Gasteiger partial charge in [-0.1, -0.05) is 6.07 Å². The number of aromatic nitrogens is 2. The van der Waals surface area contributed by atoms with Crippen molar-refractivity contribution < 1.29 is 9.18 Å². The van der Waals surface area contributed by atoms with Gasteiger partial charge in [-0.2, -0.15) is 0 Å². The van der Waals surface area contributed by atoms with Gasteiger partial charge in [0.15, 0.2) is 5.82 Å². The van der Waals surface area contributed by atoms with Gasteiger partial charge in [0.1, 0.15) is 5.52 Å². The Morgan fingerprint density at radius 3 is 2.71 bits per heavy atom. The van der Waals surface area contributed by atoms with Crippen molar-refractivity contribution in [1.82, 2.24) is 20.2 Å². The van der Waals surface area contributed by atoms with Crippen molar-refractivity contribution in [2.24, 2.45) is 0 Å². The van der Waals surface area contributed by atoms with Crippen LogP contribution in [0.2, 0.25) is 0 Å². The molecule has 0 radical (unpaired) electrons. The Hall–Kier alpha value is -3.06. The minimum atomic E-state index is -0.568. The van der Waals surface area contributed by atoms with Crippen molar-refractivity contribution in [3.05, 3.63) is 65.4 Å². The Labute approximate surface area is 181 Å². The van der Waals surface area contributed by atoms with E-state index >= 15 is 0 Å². The summed E-state index contributed by atoms with van der Waals surface area (Å²) in [6, 6.07) is 10.2. The number of hydrogen-bond donors (Lipinski definition) is 1. The fraction of sp³-hybridized carbons (Fsp3) is 0.375. The van der Waals surface area contributed by atoms with Gasteiger partial charge in [0.2, 0.25) is 0 Å². The third kappa shape index (κ3) is 3.43. The van der Waals surface area contributed by atoms with Crippen LogP contribution in [0.1, 0.15) is 34.5 Å². The van der Waals surface area contributed by atoms with E-state index in [4.69, 9.17) is 0 Å². The summed E-state index contributed by atoms with van der Waals surface area (Å²) in [4.78, 5) is 26.3. The number of fused-ring (bicyclic) bond motifs is 1. The maximum Gasteiger partial charge on any atom is 0.252 e. The van der Waals surface area contributed by atoms with Gasteiger partial charge < -0.3 is 15.1 Å². The Morgan fingerprint density at radius 2 is 2.00 bits per heavy atom. The lowest BCUT2D eigenvalue weighted by Gasteiger charge is -2.44. The van der Waals surface area contributed by atoms with Crippen molar-refractivity contribution in [1.29, 1.82) is 0 Å². The number of benzene rings is 1. The molecule has 5 rings (SSSR count). The summed E-state index contributed by atoms with van der Waals surface area (Å²) in [7, 11) is 4.18. The van der Waals surface area contributed by atoms with Gasteiger partial charge in [0.05, 0.1) is 17.4 Å². The molecule has 7 heteroatoms. The third-order valence-electron chi connectivity index (χ3n) is 6.58. The number of rotatable bonds is 5. The average Bonchev–Trinajstić information content (AvgIpc) is 3.48. The minimum Gasteiger partial charge on any atom is -0.368 e. The highest BCUT2D eigenvalue weighted by Crippen LogP contribution is 2.47. The summed E-state index contributed by atoms with van der Waals surface area (Å²) in [6.07, 6.45) is 4.32. The first-order chi connectivity index (χ1) is 14.9. The standard InChI is InChI=1S/C24H26FN5O/c1-15-6-7-16(30-13-17(14-30)29(2)3)11-19(15)23(31)28-24(8-9-24)22-18-5-4-10-26-21(18)20(25)12-27-22/h4-7,10-12,17H,8-9,13-14H2,1-3H3,(H,28,31). The molecule has 6 nitrogen and oxygen atoms in total. The van der Waals surface area contributed by atoms with E-state index in [0.29, 0.717) is 28.2 Å². The number of nitrogens with one attached hydrogen (secondary N) is 1. The number of carbonyl (C=O) groups is 1. The van der Waals surface area contributed by atoms with Crippen LogP contribution in [-0.4, -0.2) is 54.0 Å². The van der Waals surface area contributed by atoms with Gasteiger partial charge in [-0.25, -0.2) is 4.39 Å². The zero-order valence-electron chi connectivity index (χ0n) is 18.0. The summed E-state index contributed by atoms with van der Waals surface area (Å²) in [5.41, 5.74) is 3.08. The van der Waals surface area contributed by atoms with Gasteiger partial charge in [-0.3, -0.25) is 14.8 Å². The van der Waals surface area contributed by atoms with Crippen LogP contribution < -0.4 is 10.2 Å². The summed E-state index contributed by atoms with van der Waals surface area (Å²) >= 11 is 0. The zero-order valence-corrected chi connectivity index (χ0v) is 18.0. The molecule has 160 valence electrons. The maximum absolute atomic E-state index is 14.2. The Kier molecular flexibility index (Phi) is 4.66. The molecule has 31 heavy (non-hydrogen) atoms. The summed E-state index contributed by atoms with van der Waals surface area (Å²) in [6.45, 7) is 3.87. The molecular formula is C24H26FN5O. The normalized spacial score (nSPS) is 17.6. The molecule has 1 saturated carbocycles. The quantitative estimate of drug-likeness (QED) is 0.688. The molecule has 0 bridgehead atoms. The first kappa shape index (κ1) is 19.9. The number of aryl methyl sites for hydroxylation is 1. The van der Waals surface area contributed by atoms with E-state index in [-0.39, 0.29) is 5.91 Å². The average molecular weight is 420 g/mol. The molecule has 2 aliphatic rings. The van der Waals surface area contributed by atoms with E-state index in [0.717, 1.165) is 37.2 Å². The molecule has 0 unspecified atom stereocenters. The number of carbonyl (C=O) groups excluding carboxylic acids is 1. The van der Waals surface area contributed by atoms with E-state index in [1.807, 2.05) is 25.1 Å². The molecule has 3 heterocycles. The zero-order chi connectivity index (χ0) is 21.8. The predicted molar refractivity (Wildman–Crippen MR) is 119 cm³/mol. The van der Waals surface area contributed by atoms with E-state index in [1.54, 1.807) is 12.3 Å². The molecule has 1 aliphatic carbocycles. The lowest BCUT2D eigenvalue weighted by Crippen LogP contribution is -2.57. The number of halogens is 1. The highest BCUT2D eigenvalue weighted by atomic mass is 19.1. The van der Waals surface area contributed by atoms with Gasteiger partial charge in [0.25, 0.3) is 5.91 Å². The Morgan fingerprint density at radius 1 is 1.23 bits per heavy atom. The summed E-state index contributed by atoms with van der Waals surface area (Å²) < 4.78 is 14.2. The molecule has 2 aromatic heterocycles. The van der Waals surface area contributed by atoms with Crippen molar-refractivity contribution >= 4 is 22.5 Å². The Bertz CT molecular complexity index is 1170. The first-order valence-electron chi connectivity index (χ1n) is 10.6. The van der Waals surface area contributed by atoms with Crippen molar-refractivity contribution in [2.75, 3.05) is 32.1 Å². The lowest BCUT2D eigenvalue weighted by atomic mass is 10.0. The second kappa shape index (κ2) is 7.27. The predicted octanol–water partition coefficient (Wildman–Crippen LogP) is 3.25. The fourth-order valence-corrected chi connectivity index (χ4v) is 4.29. The molecule has 0 spiro atoms. The molecule has 1 aromatic carbocycles. The number of likely N-dealkylation sites (N-methyl/N-ethyl adjacent to an activating group) is 1. The van der Waals surface area contributed by atoms with Gasteiger partial charge in [-0.15, -0.1) is 0 Å². The third-order valence-corrected chi connectivity index (χ3v) is 6.58. The Balaban J connectivity index is 1.41. The summed E-state index contributed by atoms with van der Waals surface area (Å²) in [5, 5.41) is 3.86. The maximum atomic E-state index is 14.2. The van der Waals surface area contributed by atoms with Crippen molar-refractivity contribution in [3.63, 3.8) is 0 Å². The number of anilines is 1. The van der Waals surface area contributed by atoms with E-state index in [9.17, 15) is 9.18 Å². The number of pyridine rings is 2. The highest BCUT2D eigenvalue weighted by Gasteiger charge is 2.48. The molecule has 1 amide bonds. The smallest absolute Gasteiger partial charge is 0.252 e. The molecule has 0 atom stereocenters. The van der Waals surface area contributed by atoms with Gasteiger partial charge >= 0.3 is 0 Å². The van der Waals surface area contributed by atoms with Gasteiger partial charge in [-0.05, 0) is 63.7 Å². The SMILES string of the molecule is Cc1ccc(N2CC(N(C)C)C2)cc1C(=O)NC1(c2ncc(F)c3ncccc23)CC1. The highest BCUT2D eigenvalue weighted by molar-refractivity contribution is 5.98. The molecule has 1 N–H and O–H groups in total. The molecule has 1 aliphatic heterocycles. The number of nitrogens with zero attached hydrogens (tertiary/aromatic N) is 4. The molecule has 1 saturated heterocycles. The molecule has 3 aromatic rings.